The zero-order valence-electron chi connectivity index (χ0n) is 10.6. The lowest BCUT2D eigenvalue weighted by Crippen LogP contribution is -2.64. The van der Waals surface area contributed by atoms with Crippen LogP contribution in [0.5, 0.6) is 0 Å². The highest BCUT2D eigenvalue weighted by atomic mass is 16.3. The van der Waals surface area contributed by atoms with Crippen molar-refractivity contribution in [2.24, 2.45) is 5.73 Å². The number of fused-ring (bicyclic) bond motifs is 2. The van der Waals surface area contributed by atoms with Gasteiger partial charge in [0.05, 0.1) is 5.60 Å². The molecule has 0 saturated carbocycles. The van der Waals surface area contributed by atoms with Gasteiger partial charge in [0, 0.05) is 17.6 Å². The molecule has 0 aliphatic carbocycles. The molecule has 2 saturated heterocycles. The van der Waals surface area contributed by atoms with E-state index in [2.05, 4.69) is 12.2 Å². The Bertz CT molecular complexity index is 240. The lowest BCUT2D eigenvalue weighted by Gasteiger charge is -2.47. The molecule has 0 spiro atoms. The van der Waals surface area contributed by atoms with E-state index in [0.717, 1.165) is 32.1 Å². The topological polar surface area (TPSA) is 58.3 Å². The number of hydrogen-bond acceptors (Lipinski definition) is 3. The summed E-state index contributed by atoms with van der Waals surface area (Å²) < 4.78 is 0. The first-order chi connectivity index (χ1) is 7.47. The molecule has 0 aromatic carbocycles. The normalized spacial score (nSPS) is 42.0. The van der Waals surface area contributed by atoms with E-state index in [4.69, 9.17) is 5.73 Å². The third-order valence-corrected chi connectivity index (χ3v) is 4.62. The highest BCUT2D eigenvalue weighted by Crippen LogP contribution is 2.41. The van der Waals surface area contributed by atoms with Crippen LogP contribution in [0.4, 0.5) is 0 Å². The Hall–Kier alpha value is -0.120. The van der Waals surface area contributed by atoms with Gasteiger partial charge in [-0.25, -0.2) is 0 Å². The van der Waals surface area contributed by atoms with Crippen LogP contribution in [0.1, 0.15) is 58.8 Å². The Morgan fingerprint density at radius 2 is 1.94 bits per heavy atom. The van der Waals surface area contributed by atoms with Crippen molar-refractivity contribution in [3.63, 3.8) is 0 Å². The Morgan fingerprint density at radius 3 is 2.44 bits per heavy atom. The van der Waals surface area contributed by atoms with Crippen molar-refractivity contribution in [1.29, 1.82) is 0 Å². The summed E-state index contributed by atoms with van der Waals surface area (Å²) in [6, 6.07) is 0.988. The lowest BCUT2D eigenvalue weighted by molar-refractivity contribution is -0.0692. The predicted octanol–water partition coefficient (Wildman–Crippen LogP) is 1.54. The van der Waals surface area contributed by atoms with E-state index >= 15 is 0 Å². The molecular formula is C13H26N2O. The maximum atomic E-state index is 10.8. The van der Waals surface area contributed by atoms with Crippen LogP contribution in [0.25, 0.3) is 0 Å². The highest BCUT2D eigenvalue weighted by molar-refractivity contribution is 5.09. The summed E-state index contributed by atoms with van der Waals surface area (Å²) in [6.07, 6.45) is 7.26. The Labute approximate surface area is 98.8 Å². The zero-order valence-corrected chi connectivity index (χ0v) is 10.6. The van der Waals surface area contributed by atoms with Crippen molar-refractivity contribution in [1.82, 2.24) is 5.32 Å². The first kappa shape index (κ1) is 12.3. The minimum Gasteiger partial charge on any atom is -0.388 e. The van der Waals surface area contributed by atoms with E-state index < -0.39 is 11.1 Å². The molecule has 0 aromatic heterocycles. The summed E-state index contributed by atoms with van der Waals surface area (Å²) in [5, 5.41) is 14.4. The molecule has 3 unspecified atom stereocenters. The van der Waals surface area contributed by atoms with Gasteiger partial charge in [0.2, 0.25) is 0 Å². The summed E-state index contributed by atoms with van der Waals surface area (Å²) in [5.74, 6) is 0. The third-order valence-electron chi connectivity index (χ3n) is 4.62. The van der Waals surface area contributed by atoms with Crippen molar-refractivity contribution in [3.05, 3.63) is 0 Å². The molecule has 0 amide bonds. The predicted molar refractivity (Wildman–Crippen MR) is 66.2 cm³/mol. The Kier molecular flexibility index (Phi) is 3.30. The quantitative estimate of drug-likeness (QED) is 0.681. The van der Waals surface area contributed by atoms with Crippen molar-refractivity contribution in [2.45, 2.75) is 82.0 Å². The molecule has 2 fully saturated rings. The van der Waals surface area contributed by atoms with Crippen LogP contribution in [0, 0.1) is 0 Å². The second-order valence-corrected chi connectivity index (χ2v) is 6.10. The van der Waals surface area contributed by atoms with Gasteiger partial charge in [0.15, 0.2) is 0 Å². The Morgan fingerprint density at radius 1 is 1.38 bits per heavy atom. The fourth-order valence-corrected chi connectivity index (χ4v) is 3.37. The molecule has 3 atom stereocenters. The Balaban J connectivity index is 2.06. The van der Waals surface area contributed by atoms with Crippen molar-refractivity contribution < 1.29 is 5.11 Å². The fraction of sp³-hybridized carbons (Fsp3) is 1.00. The van der Waals surface area contributed by atoms with Crippen molar-refractivity contribution in [3.8, 4) is 0 Å². The summed E-state index contributed by atoms with van der Waals surface area (Å²) in [6.45, 7) is 4.21. The van der Waals surface area contributed by atoms with E-state index in [-0.39, 0.29) is 0 Å². The number of piperidine rings is 1. The first-order valence-corrected chi connectivity index (χ1v) is 6.74. The molecule has 0 radical (unpaired) electrons. The van der Waals surface area contributed by atoms with Gasteiger partial charge in [0.1, 0.15) is 0 Å². The summed E-state index contributed by atoms with van der Waals surface area (Å²) in [7, 11) is 0. The van der Waals surface area contributed by atoms with Crippen molar-refractivity contribution >= 4 is 0 Å². The summed E-state index contributed by atoms with van der Waals surface area (Å²) in [4.78, 5) is 0. The van der Waals surface area contributed by atoms with Gasteiger partial charge < -0.3 is 16.2 Å². The van der Waals surface area contributed by atoms with Crippen LogP contribution in [0.3, 0.4) is 0 Å². The molecule has 16 heavy (non-hydrogen) atoms. The average Bonchev–Trinajstić information content (AvgIpc) is 2.55. The van der Waals surface area contributed by atoms with Gasteiger partial charge >= 0.3 is 0 Å². The third kappa shape index (κ3) is 2.13. The molecular weight excluding hydrogens is 200 g/mol. The molecule has 3 heteroatoms. The lowest BCUT2D eigenvalue weighted by atomic mass is 9.71. The minimum absolute atomic E-state index is 0.425. The maximum Gasteiger partial charge on any atom is 0.0853 e. The van der Waals surface area contributed by atoms with Crippen LogP contribution < -0.4 is 11.1 Å². The van der Waals surface area contributed by atoms with Crippen LogP contribution in [-0.4, -0.2) is 28.3 Å². The van der Waals surface area contributed by atoms with Crippen LogP contribution >= 0.6 is 0 Å². The second-order valence-electron chi connectivity index (χ2n) is 6.10. The summed E-state index contributed by atoms with van der Waals surface area (Å²) >= 11 is 0. The monoisotopic (exact) mass is 226 g/mol. The van der Waals surface area contributed by atoms with Crippen LogP contribution in [0.2, 0.25) is 0 Å². The van der Waals surface area contributed by atoms with Crippen LogP contribution in [0.15, 0.2) is 0 Å². The van der Waals surface area contributed by atoms with Gasteiger partial charge in [-0.1, -0.05) is 19.8 Å². The molecule has 3 nitrogen and oxygen atoms in total. The molecule has 94 valence electrons. The standard InChI is InChI=1S/C13H26N2O/c1-3-4-7-12(2,14)13(16)8-10-5-6-11(9-13)15-10/h10-11,15-16H,3-9,14H2,1-2H3. The number of rotatable bonds is 4. The summed E-state index contributed by atoms with van der Waals surface area (Å²) in [5.41, 5.74) is 5.31. The zero-order chi connectivity index (χ0) is 11.8. The van der Waals surface area contributed by atoms with Gasteiger partial charge in [0.25, 0.3) is 0 Å². The molecule has 2 aliphatic rings. The number of hydrogen-bond donors (Lipinski definition) is 3. The smallest absolute Gasteiger partial charge is 0.0853 e. The first-order valence-electron chi connectivity index (χ1n) is 6.74. The van der Waals surface area contributed by atoms with Crippen molar-refractivity contribution in [2.75, 3.05) is 0 Å². The number of unbranched alkanes of at least 4 members (excludes halogenated alkanes) is 1. The van der Waals surface area contributed by atoms with Crippen LogP contribution in [-0.2, 0) is 0 Å². The van der Waals surface area contributed by atoms with E-state index in [9.17, 15) is 5.11 Å². The van der Waals surface area contributed by atoms with Gasteiger partial charge in [-0.05, 0) is 39.0 Å². The molecule has 2 bridgehead atoms. The van der Waals surface area contributed by atoms with E-state index in [1.807, 2.05) is 6.92 Å². The van der Waals surface area contributed by atoms with E-state index in [1.54, 1.807) is 0 Å². The molecule has 2 heterocycles. The second kappa shape index (κ2) is 4.28. The molecule has 4 N–H and O–H groups in total. The SMILES string of the molecule is CCCCC(C)(N)C1(O)CC2CCC(C1)N2. The molecule has 0 aromatic rings. The van der Waals surface area contributed by atoms with Gasteiger partial charge in [-0.2, -0.15) is 0 Å². The minimum atomic E-state index is -0.654. The van der Waals surface area contributed by atoms with E-state index in [0.29, 0.717) is 12.1 Å². The van der Waals surface area contributed by atoms with E-state index in [1.165, 1.54) is 12.8 Å². The van der Waals surface area contributed by atoms with Gasteiger partial charge in [-0.15, -0.1) is 0 Å². The fourth-order valence-electron chi connectivity index (χ4n) is 3.37. The largest absolute Gasteiger partial charge is 0.388 e. The number of aliphatic hydroxyl groups is 1. The molecule has 2 aliphatic heterocycles. The average molecular weight is 226 g/mol. The highest BCUT2D eigenvalue weighted by Gasteiger charge is 2.50. The molecule has 2 rings (SSSR count). The number of nitrogens with two attached hydrogens (primary N) is 1. The number of nitrogens with one attached hydrogen (secondary N) is 1. The maximum absolute atomic E-state index is 10.8. The van der Waals surface area contributed by atoms with Gasteiger partial charge in [-0.3, -0.25) is 0 Å².